The number of rotatable bonds is 1. The minimum absolute atomic E-state index is 0.680. The topological polar surface area (TPSA) is 78.8 Å². The molecule has 1 aliphatic heterocycles. The maximum atomic E-state index is 4.57. The van der Waals surface area contributed by atoms with E-state index in [4.69, 9.17) is 0 Å². The first-order valence-corrected chi connectivity index (χ1v) is 4.49. The van der Waals surface area contributed by atoms with Gasteiger partial charge in [0.1, 0.15) is 28.4 Å². The number of aromatic amines is 1. The van der Waals surface area contributed by atoms with Gasteiger partial charge < -0.3 is 0 Å². The van der Waals surface area contributed by atoms with Gasteiger partial charge in [0.05, 0.1) is 0 Å². The number of hydrogen-bond acceptors (Lipinski definition) is 7. The van der Waals surface area contributed by atoms with Crippen LogP contribution in [0.15, 0.2) is 24.4 Å². The summed E-state index contributed by atoms with van der Waals surface area (Å²) in [6.07, 6.45) is 2.71. The predicted octanol–water partition coefficient (Wildman–Crippen LogP) is 2.10. The SMILES string of the molecule is [c]1[nH]oosc1C1=CSNN=N1. The highest BCUT2D eigenvalue weighted by molar-refractivity contribution is 8.00. The van der Waals surface area contributed by atoms with Gasteiger partial charge in [-0.05, 0) is 11.9 Å². The van der Waals surface area contributed by atoms with Gasteiger partial charge in [-0.3, -0.25) is 0 Å². The highest BCUT2D eigenvalue weighted by Crippen LogP contribution is 2.23. The number of nitrogens with one attached hydrogen (secondary N) is 2. The lowest BCUT2D eigenvalue weighted by molar-refractivity contribution is 0.0297. The Morgan fingerprint density at radius 2 is 2.58 bits per heavy atom. The average Bonchev–Trinajstić information content (AvgIpc) is 2.21. The Balaban J connectivity index is 2.31. The van der Waals surface area contributed by atoms with Crippen molar-refractivity contribution in [2.24, 2.45) is 10.3 Å². The van der Waals surface area contributed by atoms with Gasteiger partial charge in [0.2, 0.25) is 0 Å². The quantitative estimate of drug-likeness (QED) is 0.541. The van der Waals surface area contributed by atoms with Gasteiger partial charge in [-0.2, -0.15) is 9.84 Å². The van der Waals surface area contributed by atoms with Crippen molar-refractivity contribution in [3.8, 4) is 0 Å². The van der Waals surface area contributed by atoms with Crippen molar-refractivity contribution in [1.29, 1.82) is 0 Å². The molecule has 1 aliphatic rings. The number of H-pyrrole nitrogens is 1. The van der Waals surface area contributed by atoms with Gasteiger partial charge in [0.15, 0.2) is 0 Å². The first kappa shape index (κ1) is 7.50. The Morgan fingerprint density at radius 3 is 3.25 bits per heavy atom. The van der Waals surface area contributed by atoms with E-state index in [0.29, 0.717) is 10.6 Å². The zero-order valence-electron chi connectivity index (χ0n) is 5.60. The summed E-state index contributed by atoms with van der Waals surface area (Å²) < 4.78 is 8.92. The third-order valence-electron chi connectivity index (χ3n) is 1.01. The van der Waals surface area contributed by atoms with E-state index in [0.717, 1.165) is 11.6 Å². The molecule has 63 valence electrons. The molecule has 1 radical (unpaired) electrons. The van der Waals surface area contributed by atoms with Crippen LogP contribution in [0.3, 0.4) is 0 Å². The van der Waals surface area contributed by atoms with Crippen molar-refractivity contribution in [1.82, 2.24) is 9.99 Å². The van der Waals surface area contributed by atoms with Gasteiger partial charge >= 0.3 is 0 Å². The van der Waals surface area contributed by atoms with Gasteiger partial charge in [-0.1, -0.05) is 5.22 Å². The zero-order valence-corrected chi connectivity index (χ0v) is 7.24. The molecule has 0 bridgehead atoms. The maximum absolute atomic E-state index is 4.57. The zero-order chi connectivity index (χ0) is 8.23. The average molecular weight is 203 g/mol. The van der Waals surface area contributed by atoms with Gasteiger partial charge in [0, 0.05) is 5.41 Å². The van der Waals surface area contributed by atoms with E-state index >= 15 is 0 Å². The molecule has 1 aromatic heterocycles. The van der Waals surface area contributed by atoms with Gasteiger partial charge in [-0.25, -0.2) is 8.84 Å². The highest BCUT2D eigenvalue weighted by Gasteiger charge is 2.06. The molecule has 8 heteroatoms. The molecule has 0 saturated heterocycles. The molecular weight excluding hydrogens is 200 g/mol. The van der Waals surface area contributed by atoms with Crippen molar-refractivity contribution in [2.45, 2.75) is 0 Å². The molecule has 2 rings (SSSR count). The summed E-state index contributed by atoms with van der Waals surface area (Å²) in [6, 6.07) is 0. The van der Waals surface area contributed by atoms with Crippen molar-refractivity contribution in [3.05, 3.63) is 16.5 Å². The molecule has 0 amide bonds. The fourth-order valence-electron chi connectivity index (χ4n) is 0.565. The second-order valence-corrected chi connectivity index (χ2v) is 3.07. The molecule has 0 aromatic carbocycles. The predicted molar refractivity (Wildman–Crippen MR) is 43.2 cm³/mol. The van der Waals surface area contributed by atoms with Crippen LogP contribution in [0.5, 0.6) is 0 Å². The van der Waals surface area contributed by atoms with E-state index in [-0.39, 0.29) is 0 Å². The standard InChI is InChI=1S/C4H3N4O2S2/c1-4(12-10-9-5-1)3-2-11-8-7-6-3/h2,5H,(H,6,8). The number of aromatic nitrogens is 1. The van der Waals surface area contributed by atoms with Crippen LogP contribution in [-0.2, 0) is 0 Å². The molecule has 0 atom stereocenters. The molecule has 2 N–H and O–H groups in total. The molecule has 0 unspecified atom stereocenters. The van der Waals surface area contributed by atoms with Crippen LogP contribution in [0.2, 0.25) is 0 Å². The van der Waals surface area contributed by atoms with Crippen molar-refractivity contribution >= 4 is 29.3 Å². The lowest BCUT2D eigenvalue weighted by Gasteiger charge is -2.01. The van der Waals surface area contributed by atoms with Crippen LogP contribution in [0.25, 0.3) is 5.70 Å². The lowest BCUT2D eigenvalue weighted by Crippen LogP contribution is -1.93. The van der Waals surface area contributed by atoms with Crippen LogP contribution in [0.1, 0.15) is 4.88 Å². The smallest absolute Gasteiger partial charge is 0.127 e. The summed E-state index contributed by atoms with van der Waals surface area (Å²) in [6.45, 7) is 0. The highest BCUT2D eigenvalue weighted by atomic mass is 32.2. The van der Waals surface area contributed by atoms with Gasteiger partial charge in [-0.15, -0.1) is 5.11 Å². The first-order valence-electron chi connectivity index (χ1n) is 2.87. The Morgan fingerprint density at radius 1 is 1.58 bits per heavy atom. The number of nitrogens with zero attached hydrogens (tertiary/aromatic N) is 2. The summed E-state index contributed by atoms with van der Waals surface area (Å²) >= 11 is 2.35. The van der Waals surface area contributed by atoms with E-state index in [1.54, 1.807) is 5.41 Å². The molecular formula is C4H3N4O2S2. The van der Waals surface area contributed by atoms with Crippen LogP contribution in [0.4, 0.5) is 0 Å². The number of hydrogen-bond donors (Lipinski definition) is 2. The van der Waals surface area contributed by atoms with Crippen LogP contribution in [0, 0.1) is 6.20 Å². The molecule has 6 nitrogen and oxygen atoms in total. The fourth-order valence-corrected chi connectivity index (χ4v) is 1.46. The molecule has 2 heterocycles. The van der Waals surface area contributed by atoms with Crippen molar-refractivity contribution in [2.75, 3.05) is 0 Å². The Labute approximate surface area is 75.3 Å². The molecule has 0 fully saturated rings. The van der Waals surface area contributed by atoms with Crippen LogP contribution < -0.4 is 4.83 Å². The molecule has 12 heavy (non-hydrogen) atoms. The minimum atomic E-state index is 0.680. The van der Waals surface area contributed by atoms with Crippen LogP contribution in [-0.4, -0.2) is 5.16 Å². The Bertz CT molecular complexity index is 327. The Kier molecular flexibility index (Phi) is 2.19. The van der Waals surface area contributed by atoms with Gasteiger partial charge in [0.25, 0.3) is 0 Å². The van der Waals surface area contributed by atoms with E-state index in [9.17, 15) is 0 Å². The largest absolute Gasteiger partial charge is 0.229 e. The summed E-state index contributed by atoms with van der Waals surface area (Å²) in [4.78, 5) is 3.30. The maximum Gasteiger partial charge on any atom is 0.127 e. The summed E-state index contributed by atoms with van der Waals surface area (Å²) in [5.74, 6) is 0. The molecule has 0 spiro atoms. The van der Waals surface area contributed by atoms with E-state index in [1.807, 2.05) is 0 Å². The van der Waals surface area contributed by atoms with Crippen molar-refractivity contribution in [3.63, 3.8) is 0 Å². The molecule has 0 saturated carbocycles. The second-order valence-electron chi connectivity index (χ2n) is 1.70. The Hall–Kier alpha value is -1.15. The summed E-state index contributed by atoms with van der Waals surface area (Å²) in [7, 11) is 0. The second kappa shape index (κ2) is 3.50. The summed E-state index contributed by atoms with van der Waals surface area (Å²) in [5.41, 5.74) is 0.680. The fraction of sp³-hybridized carbons (Fsp3) is 0. The van der Waals surface area contributed by atoms with E-state index in [2.05, 4.69) is 35.2 Å². The summed E-state index contributed by atoms with van der Waals surface area (Å²) in [5, 5.41) is 11.5. The normalized spacial score (nSPS) is 15.2. The van der Waals surface area contributed by atoms with Crippen molar-refractivity contribution < 1.29 is 8.69 Å². The third kappa shape index (κ3) is 1.53. The monoisotopic (exact) mass is 203 g/mol. The first-order chi connectivity index (χ1) is 5.97. The third-order valence-corrected chi connectivity index (χ3v) is 2.15. The lowest BCUT2D eigenvalue weighted by atomic mass is 10.4. The van der Waals surface area contributed by atoms with E-state index < -0.39 is 0 Å². The van der Waals surface area contributed by atoms with E-state index in [1.165, 1.54) is 11.9 Å². The molecule has 1 aromatic rings. The minimum Gasteiger partial charge on any atom is -0.229 e. The molecule has 0 aliphatic carbocycles. The van der Waals surface area contributed by atoms with Crippen LogP contribution >= 0.6 is 23.6 Å².